The average Bonchev–Trinajstić information content (AvgIpc) is 2.03. The molecule has 0 saturated heterocycles. The third-order valence-electron chi connectivity index (χ3n) is 1.20. The molecular formula is C6H7N2NaO3S. The second-order valence-corrected chi connectivity index (χ2v) is 3.30. The van der Waals surface area contributed by atoms with Crippen molar-refractivity contribution >= 4 is 16.0 Å². The summed E-state index contributed by atoms with van der Waals surface area (Å²) in [7, 11) is -4.57. The van der Waals surface area contributed by atoms with Gasteiger partial charge < -0.3 is 6.96 Å². The Bertz CT molecular complexity index is 395. The molecule has 0 atom stereocenters. The Morgan fingerprint density at radius 2 is 1.77 bits per heavy atom. The van der Waals surface area contributed by atoms with Crippen LogP contribution in [-0.2, 0) is 10.3 Å². The van der Waals surface area contributed by atoms with Crippen LogP contribution in [0.2, 0.25) is 0 Å². The Labute approximate surface area is 99.5 Å². The molecule has 0 aromatic heterocycles. The van der Waals surface area contributed by atoms with Crippen LogP contribution in [0.15, 0.2) is 30.3 Å². The zero-order valence-electron chi connectivity index (χ0n) is 7.95. The normalized spacial score (nSPS) is 10.2. The summed E-state index contributed by atoms with van der Waals surface area (Å²) in [4.78, 5) is 0. The van der Waals surface area contributed by atoms with E-state index in [0.29, 0.717) is 0 Å². The first kappa shape index (κ1) is 12.7. The number of hydrogen-bond acceptors (Lipinski definition) is 2. The molecule has 13 heavy (non-hydrogen) atoms. The van der Waals surface area contributed by atoms with Crippen LogP contribution in [-0.4, -0.2) is 17.1 Å². The van der Waals surface area contributed by atoms with Crippen LogP contribution in [0.25, 0.3) is 5.53 Å². The molecule has 7 heteroatoms. The van der Waals surface area contributed by atoms with Gasteiger partial charge in [0.15, 0.2) is 0 Å². The minimum absolute atomic E-state index is 0. The van der Waals surface area contributed by atoms with Crippen molar-refractivity contribution < 1.29 is 48.1 Å². The number of benzene rings is 1. The molecule has 0 aliphatic heterocycles. The molecule has 0 aliphatic rings. The fourth-order valence-corrected chi connectivity index (χ4v) is 1.08. The van der Waals surface area contributed by atoms with Gasteiger partial charge in [-0.05, 0) is 0 Å². The summed E-state index contributed by atoms with van der Waals surface area (Å²) in [6.45, 7) is 0. The molecule has 0 saturated carbocycles. The first-order chi connectivity index (χ1) is 5.52. The van der Waals surface area contributed by atoms with Gasteiger partial charge in [-0.25, -0.2) is 4.55 Å². The van der Waals surface area contributed by atoms with E-state index >= 15 is 0 Å². The van der Waals surface area contributed by atoms with Crippen molar-refractivity contribution in [2.75, 3.05) is 0 Å². The molecule has 1 rings (SSSR count). The van der Waals surface area contributed by atoms with E-state index in [1.165, 1.54) is 24.3 Å². The Hall–Kier alpha value is -0.270. The monoisotopic (exact) mass is 210 g/mol. The molecule has 0 unspecified atom stereocenters. The van der Waals surface area contributed by atoms with E-state index in [2.05, 4.69) is 0 Å². The van der Waals surface area contributed by atoms with Crippen molar-refractivity contribution in [2.45, 2.75) is 0 Å². The number of hydrogen-bond donors (Lipinski definition) is 1. The molecule has 0 aliphatic carbocycles. The number of para-hydroxylation sites is 1. The molecule has 0 bridgehead atoms. The van der Waals surface area contributed by atoms with Crippen molar-refractivity contribution in [2.24, 2.45) is 0 Å². The molecular weight excluding hydrogens is 203 g/mol. The summed E-state index contributed by atoms with van der Waals surface area (Å²) in [6, 6.07) is 7.40. The van der Waals surface area contributed by atoms with Gasteiger partial charge in [-0.15, -0.1) is 12.5 Å². The van der Waals surface area contributed by atoms with Crippen LogP contribution < -0.4 is 29.6 Å². The third kappa shape index (κ3) is 3.53. The zero-order valence-corrected chi connectivity index (χ0v) is 9.77. The van der Waals surface area contributed by atoms with Gasteiger partial charge >= 0.3 is 39.9 Å². The molecule has 0 fully saturated rings. The van der Waals surface area contributed by atoms with E-state index < -0.39 is 10.3 Å². The van der Waals surface area contributed by atoms with Crippen LogP contribution in [0.1, 0.15) is 1.43 Å². The van der Waals surface area contributed by atoms with Gasteiger partial charge in [0.25, 0.3) is 0 Å². The van der Waals surface area contributed by atoms with Gasteiger partial charge in [-0.2, -0.15) is 0 Å². The quantitative estimate of drug-likeness (QED) is 0.273. The first-order valence-electron chi connectivity index (χ1n) is 3.03. The molecule has 1 N–H and O–H groups in total. The second kappa shape index (κ2) is 4.83. The van der Waals surface area contributed by atoms with Crippen LogP contribution >= 0.6 is 0 Å². The fraction of sp³-hybridized carbons (Fsp3) is 0. The summed E-state index contributed by atoms with van der Waals surface area (Å²) >= 11 is 0. The van der Waals surface area contributed by atoms with E-state index in [9.17, 15) is 8.42 Å². The minimum atomic E-state index is -4.57. The molecule has 0 spiro atoms. The average molecular weight is 210 g/mol. The summed E-state index contributed by atoms with van der Waals surface area (Å²) in [6.07, 6.45) is 0. The van der Waals surface area contributed by atoms with Gasteiger partial charge in [0.1, 0.15) is 0 Å². The smallest absolute Gasteiger partial charge is 1.00 e. The second-order valence-electron chi connectivity index (χ2n) is 2.06. The maximum Gasteiger partial charge on any atom is 1.00 e. The van der Waals surface area contributed by atoms with Gasteiger partial charge in [0, 0.05) is 12.1 Å². The van der Waals surface area contributed by atoms with Crippen molar-refractivity contribution in [3.63, 3.8) is 0 Å². The Kier molecular flexibility index (Phi) is 4.72. The summed E-state index contributed by atoms with van der Waals surface area (Å²) in [5, 5.41) is 0. The van der Waals surface area contributed by atoms with Crippen LogP contribution in [0.3, 0.4) is 0 Å². The SMILES string of the molecule is [H-].[N-]=[N+](c1ccccc1)S(=O)(=O)O.[Na+]. The summed E-state index contributed by atoms with van der Waals surface area (Å²) in [5.74, 6) is 0. The van der Waals surface area contributed by atoms with Gasteiger partial charge in [-0.1, -0.05) is 18.2 Å². The van der Waals surface area contributed by atoms with Crippen molar-refractivity contribution in [3.05, 3.63) is 35.9 Å². The Morgan fingerprint density at radius 3 is 2.15 bits per heavy atom. The molecule has 0 amide bonds. The largest absolute Gasteiger partial charge is 1.00 e. The standard InChI is InChI=1S/C6H6N2O3S.Na.H/c7-8(12(9,10)11)6-4-2-1-3-5-6;;/h1-5H,(H,9,10,11);;/q;+1;-1. The van der Waals surface area contributed by atoms with Crippen molar-refractivity contribution in [1.82, 2.24) is 0 Å². The maximum absolute atomic E-state index is 10.4. The predicted molar refractivity (Wildman–Crippen MR) is 42.4 cm³/mol. The van der Waals surface area contributed by atoms with Crippen molar-refractivity contribution in [3.8, 4) is 0 Å². The molecule has 0 heterocycles. The molecule has 1 aromatic carbocycles. The molecule has 66 valence electrons. The van der Waals surface area contributed by atoms with E-state index in [-0.39, 0.29) is 40.8 Å². The van der Waals surface area contributed by atoms with Crippen molar-refractivity contribution in [1.29, 1.82) is 0 Å². The zero-order chi connectivity index (χ0) is 9.19. The summed E-state index contributed by atoms with van der Waals surface area (Å²) in [5.41, 5.74) is 8.84. The van der Waals surface area contributed by atoms with Gasteiger partial charge in [0.2, 0.25) is 5.69 Å². The fourth-order valence-electron chi connectivity index (χ4n) is 0.689. The summed E-state index contributed by atoms with van der Waals surface area (Å²) < 4.78 is 28.9. The first-order valence-corrected chi connectivity index (χ1v) is 4.43. The number of rotatable bonds is 2. The Morgan fingerprint density at radius 1 is 1.31 bits per heavy atom. The van der Waals surface area contributed by atoms with Gasteiger partial charge in [0.05, 0.1) is 0 Å². The Balaban J connectivity index is 0. The van der Waals surface area contributed by atoms with E-state index in [1.807, 2.05) is 0 Å². The topological polar surface area (TPSA) is 79.7 Å². The number of nitrogens with zero attached hydrogens (tertiary/aromatic N) is 2. The van der Waals surface area contributed by atoms with E-state index in [0.717, 1.165) is 0 Å². The van der Waals surface area contributed by atoms with Crippen LogP contribution in [0.5, 0.6) is 0 Å². The maximum atomic E-state index is 10.4. The van der Waals surface area contributed by atoms with Gasteiger partial charge in [-0.3, -0.25) is 0 Å². The predicted octanol–water partition coefficient (Wildman–Crippen LogP) is -1.73. The molecule has 1 aromatic rings. The van der Waals surface area contributed by atoms with Crippen LogP contribution in [0.4, 0.5) is 5.69 Å². The van der Waals surface area contributed by atoms with E-state index in [1.54, 1.807) is 6.07 Å². The molecule has 5 nitrogen and oxygen atoms in total. The minimum Gasteiger partial charge on any atom is -1.00 e. The molecule has 0 radical (unpaired) electrons. The van der Waals surface area contributed by atoms with E-state index in [4.69, 9.17) is 10.1 Å². The third-order valence-corrected chi connectivity index (χ3v) is 1.84. The van der Waals surface area contributed by atoms with Crippen LogP contribution in [0, 0.1) is 0 Å².